The molecule has 2 unspecified atom stereocenters. The largest absolute Gasteiger partial charge is 0.377 e. The topological polar surface area (TPSA) is 82.2 Å². The molecule has 0 spiro atoms. The third kappa shape index (κ3) is 3.06. The highest BCUT2D eigenvalue weighted by molar-refractivity contribution is 5.64. The first kappa shape index (κ1) is 14.3. The fraction of sp³-hybridized carbons (Fsp3) is 0.500. The summed E-state index contributed by atoms with van der Waals surface area (Å²) in [5, 5.41) is 23.2. The van der Waals surface area contributed by atoms with Gasteiger partial charge in [0.15, 0.2) is 0 Å². The smallest absolute Gasteiger partial charge is 0.292 e. The zero-order valence-corrected chi connectivity index (χ0v) is 11.7. The summed E-state index contributed by atoms with van der Waals surface area (Å²) in [5.41, 5.74) is 0.894. The monoisotopic (exact) mass is 274 g/mol. The SMILES string of the molecule is CC1CC(Nc2cc(C#N)ccc2[N+](=O)[O-])CCN1C. The van der Waals surface area contributed by atoms with Crippen LogP contribution in [0.1, 0.15) is 25.3 Å². The highest BCUT2D eigenvalue weighted by Gasteiger charge is 2.24. The molecule has 1 saturated heterocycles. The van der Waals surface area contributed by atoms with Gasteiger partial charge >= 0.3 is 0 Å². The van der Waals surface area contributed by atoms with Gasteiger partial charge in [-0.1, -0.05) is 0 Å². The van der Waals surface area contributed by atoms with Crippen LogP contribution in [0.15, 0.2) is 18.2 Å². The molecule has 2 atom stereocenters. The van der Waals surface area contributed by atoms with Gasteiger partial charge in [0.1, 0.15) is 5.69 Å². The van der Waals surface area contributed by atoms with Crippen LogP contribution >= 0.6 is 0 Å². The first-order valence-corrected chi connectivity index (χ1v) is 6.66. The summed E-state index contributed by atoms with van der Waals surface area (Å²) in [4.78, 5) is 12.9. The molecule has 20 heavy (non-hydrogen) atoms. The second kappa shape index (κ2) is 5.88. The molecule has 1 N–H and O–H groups in total. The molecule has 1 heterocycles. The van der Waals surface area contributed by atoms with Crippen molar-refractivity contribution in [3.63, 3.8) is 0 Å². The van der Waals surface area contributed by atoms with Crippen molar-refractivity contribution in [3.8, 4) is 6.07 Å². The fourth-order valence-corrected chi connectivity index (χ4v) is 2.52. The lowest BCUT2D eigenvalue weighted by molar-refractivity contribution is -0.384. The normalized spacial score (nSPS) is 23.1. The molecular formula is C14H18N4O2. The van der Waals surface area contributed by atoms with Crippen molar-refractivity contribution < 1.29 is 4.92 Å². The van der Waals surface area contributed by atoms with Crippen molar-refractivity contribution in [2.24, 2.45) is 0 Å². The molecule has 0 amide bonds. The van der Waals surface area contributed by atoms with Crippen LogP contribution < -0.4 is 5.32 Å². The molecular weight excluding hydrogens is 256 g/mol. The predicted molar refractivity (Wildman–Crippen MR) is 76.5 cm³/mol. The Morgan fingerprint density at radius 3 is 2.90 bits per heavy atom. The van der Waals surface area contributed by atoms with E-state index < -0.39 is 4.92 Å². The maximum absolute atomic E-state index is 11.1. The molecule has 106 valence electrons. The van der Waals surface area contributed by atoms with Gasteiger partial charge in [-0.05, 0) is 38.9 Å². The maximum atomic E-state index is 11.1. The summed E-state index contributed by atoms with van der Waals surface area (Å²) in [6, 6.07) is 7.08. The number of likely N-dealkylation sites (tertiary alicyclic amines) is 1. The van der Waals surface area contributed by atoms with Crippen LogP contribution in [0.4, 0.5) is 11.4 Å². The Morgan fingerprint density at radius 1 is 1.55 bits per heavy atom. The molecule has 1 aromatic rings. The average molecular weight is 274 g/mol. The lowest BCUT2D eigenvalue weighted by Crippen LogP contribution is -2.42. The standard InChI is InChI=1S/C14H18N4O2/c1-10-7-12(5-6-17(10)2)16-13-8-11(9-15)3-4-14(13)18(19)20/h3-4,8,10,12,16H,5-7H2,1-2H3. The third-order valence-corrected chi connectivity index (χ3v) is 3.89. The number of nitro benzene ring substituents is 1. The summed E-state index contributed by atoms with van der Waals surface area (Å²) in [6.07, 6.45) is 1.87. The average Bonchev–Trinajstić information content (AvgIpc) is 2.42. The van der Waals surface area contributed by atoms with E-state index in [1.807, 2.05) is 6.07 Å². The highest BCUT2D eigenvalue weighted by Crippen LogP contribution is 2.28. The molecule has 1 aromatic carbocycles. The van der Waals surface area contributed by atoms with Crippen LogP contribution in [-0.2, 0) is 0 Å². The van der Waals surface area contributed by atoms with Crippen LogP contribution in [0.2, 0.25) is 0 Å². The van der Waals surface area contributed by atoms with Gasteiger partial charge in [0.05, 0.1) is 16.6 Å². The lowest BCUT2D eigenvalue weighted by Gasteiger charge is -2.35. The van der Waals surface area contributed by atoms with E-state index in [0.29, 0.717) is 17.3 Å². The molecule has 1 fully saturated rings. The van der Waals surface area contributed by atoms with E-state index in [9.17, 15) is 10.1 Å². The Hall–Kier alpha value is -2.13. The quantitative estimate of drug-likeness (QED) is 0.676. The molecule has 0 aromatic heterocycles. The summed E-state index contributed by atoms with van der Waals surface area (Å²) in [7, 11) is 2.08. The number of nitrogens with one attached hydrogen (secondary N) is 1. The molecule has 0 bridgehead atoms. The molecule has 1 aliphatic rings. The number of anilines is 1. The van der Waals surface area contributed by atoms with Crippen molar-refractivity contribution in [2.45, 2.75) is 31.8 Å². The minimum absolute atomic E-state index is 0.0237. The first-order chi connectivity index (χ1) is 9.51. The second-order valence-electron chi connectivity index (χ2n) is 5.30. The molecule has 0 aliphatic carbocycles. The molecule has 2 rings (SSSR count). The van der Waals surface area contributed by atoms with Crippen LogP contribution in [0.5, 0.6) is 0 Å². The molecule has 6 heteroatoms. The van der Waals surface area contributed by atoms with E-state index in [0.717, 1.165) is 19.4 Å². The van der Waals surface area contributed by atoms with Crippen molar-refractivity contribution in [2.75, 3.05) is 18.9 Å². The third-order valence-electron chi connectivity index (χ3n) is 3.89. The minimum Gasteiger partial charge on any atom is -0.377 e. The molecule has 1 aliphatic heterocycles. The van der Waals surface area contributed by atoms with Gasteiger partial charge in [0, 0.05) is 24.7 Å². The number of hydrogen-bond acceptors (Lipinski definition) is 5. The number of piperidine rings is 1. The van der Waals surface area contributed by atoms with E-state index in [1.165, 1.54) is 12.1 Å². The Bertz CT molecular complexity index is 553. The number of nitrogens with zero attached hydrogens (tertiary/aromatic N) is 3. The van der Waals surface area contributed by atoms with E-state index in [2.05, 4.69) is 24.2 Å². The van der Waals surface area contributed by atoms with Crippen LogP contribution in [-0.4, -0.2) is 35.5 Å². The Morgan fingerprint density at radius 2 is 2.30 bits per heavy atom. The van der Waals surface area contributed by atoms with E-state index in [1.54, 1.807) is 6.07 Å². The fourth-order valence-electron chi connectivity index (χ4n) is 2.52. The summed E-state index contributed by atoms with van der Waals surface area (Å²) in [5.74, 6) is 0. The lowest BCUT2D eigenvalue weighted by atomic mass is 9.98. The number of benzene rings is 1. The van der Waals surface area contributed by atoms with Gasteiger partial charge in [-0.15, -0.1) is 0 Å². The minimum atomic E-state index is -0.415. The van der Waals surface area contributed by atoms with Crippen molar-refractivity contribution in [1.29, 1.82) is 5.26 Å². The van der Waals surface area contributed by atoms with Crippen molar-refractivity contribution in [1.82, 2.24) is 4.90 Å². The van der Waals surface area contributed by atoms with Crippen molar-refractivity contribution >= 4 is 11.4 Å². The first-order valence-electron chi connectivity index (χ1n) is 6.66. The van der Waals surface area contributed by atoms with Gasteiger partial charge in [-0.3, -0.25) is 10.1 Å². The zero-order valence-electron chi connectivity index (χ0n) is 11.7. The number of hydrogen-bond donors (Lipinski definition) is 1. The summed E-state index contributed by atoms with van der Waals surface area (Å²) < 4.78 is 0. The van der Waals surface area contributed by atoms with E-state index >= 15 is 0 Å². The molecule has 6 nitrogen and oxygen atoms in total. The molecule has 0 saturated carbocycles. The molecule has 0 radical (unpaired) electrons. The van der Waals surface area contributed by atoms with Crippen LogP contribution in [0.3, 0.4) is 0 Å². The number of nitriles is 1. The van der Waals surface area contributed by atoms with Gasteiger partial charge in [-0.25, -0.2) is 0 Å². The highest BCUT2D eigenvalue weighted by atomic mass is 16.6. The van der Waals surface area contributed by atoms with E-state index in [4.69, 9.17) is 5.26 Å². The Labute approximate surface area is 118 Å². The summed E-state index contributed by atoms with van der Waals surface area (Å²) in [6.45, 7) is 3.11. The van der Waals surface area contributed by atoms with Gasteiger partial charge in [0.2, 0.25) is 0 Å². The number of nitro groups is 1. The van der Waals surface area contributed by atoms with Crippen LogP contribution in [0, 0.1) is 21.4 Å². The van der Waals surface area contributed by atoms with Gasteiger partial charge < -0.3 is 10.2 Å². The van der Waals surface area contributed by atoms with E-state index in [-0.39, 0.29) is 11.7 Å². The van der Waals surface area contributed by atoms with Gasteiger partial charge in [-0.2, -0.15) is 5.26 Å². The Balaban J connectivity index is 2.20. The van der Waals surface area contributed by atoms with Crippen LogP contribution in [0.25, 0.3) is 0 Å². The second-order valence-corrected chi connectivity index (χ2v) is 5.30. The summed E-state index contributed by atoms with van der Waals surface area (Å²) >= 11 is 0. The number of rotatable bonds is 3. The Kier molecular flexibility index (Phi) is 4.20. The van der Waals surface area contributed by atoms with Crippen molar-refractivity contribution in [3.05, 3.63) is 33.9 Å². The maximum Gasteiger partial charge on any atom is 0.292 e. The predicted octanol–water partition coefficient (Wildman–Crippen LogP) is 2.36. The zero-order chi connectivity index (χ0) is 14.7. The van der Waals surface area contributed by atoms with Gasteiger partial charge in [0.25, 0.3) is 5.69 Å².